The summed E-state index contributed by atoms with van der Waals surface area (Å²) in [6.45, 7) is 1.39. The third-order valence-corrected chi connectivity index (χ3v) is 4.30. The summed E-state index contributed by atoms with van der Waals surface area (Å²) in [6, 6.07) is 14.4. The molecule has 3 rings (SSSR count). The molecule has 0 spiro atoms. The molecule has 1 aliphatic rings. The Bertz CT molecular complexity index is 844. The van der Waals surface area contributed by atoms with Crippen LogP contribution in [0.2, 0.25) is 0 Å². The first-order valence-corrected chi connectivity index (χ1v) is 8.59. The Kier molecular flexibility index (Phi) is 5.12. The lowest BCUT2D eigenvalue weighted by molar-refractivity contribution is -0.138. The number of aliphatic carboxylic acids is 1. The zero-order chi connectivity index (χ0) is 19.4. The van der Waals surface area contributed by atoms with E-state index in [4.69, 9.17) is 9.84 Å². The van der Waals surface area contributed by atoms with Crippen LogP contribution in [0.4, 0.5) is 5.69 Å². The first kappa shape index (κ1) is 18.4. The number of rotatable bonds is 7. The molecule has 27 heavy (non-hydrogen) atoms. The summed E-state index contributed by atoms with van der Waals surface area (Å²) in [6.07, 6.45) is 1.28. The molecule has 2 amide bonds. The number of hydrogen-bond acceptors (Lipinski definition) is 4. The number of amides is 2. The van der Waals surface area contributed by atoms with E-state index in [0.29, 0.717) is 29.8 Å². The molecule has 7 nitrogen and oxygen atoms in total. The number of nitrogens with one attached hydrogen (secondary N) is 2. The van der Waals surface area contributed by atoms with Gasteiger partial charge < -0.3 is 20.5 Å². The van der Waals surface area contributed by atoms with Crippen LogP contribution in [0.3, 0.4) is 0 Å². The summed E-state index contributed by atoms with van der Waals surface area (Å²) >= 11 is 0. The number of ether oxygens (including phenoxy) is 1. The van der Waals surface area contributed by atoms with E-state index in [-0.39, 0.29) is 5.91 Å². The third-order valence-electron chi connectivity index (χ3n) is 4.30. The molecule has 1 aliphatic carbocycles. The number of carbonyl (C=O) groups is 3. The first-order chi connectivity index (χ1) is 12.9. The number of carboxylic acid groups (broad SMARTS) is 1. The molecule has 0 aromatic heterocycles. The van der Waals surface area contributed by atoms with E-state index in [2.05, 4.69) is 10.6 Å². The van der Waals surface area contributed by atoms with Gasteiger partial charge in [0.25, 0.3) is 11.8 Å². The highest BCUT2D eigenvalue weighted by atomic mass is 16.5. The predicted molar refractivity (Wildman–Crippen MR) is 98.7 cm³/mol. The predicted octanol–water partition coefficient (Wildman–Crippen LogP) is 2.44. The minimum Gasteiger partial charge on any atom is -0.480 e. The summed E-state index contributed by atoms with van der Waals surface area (Å²) in [4.78, 5) is 35.3. The van der Waals surface area contributed by atoms with Crippen molar-refractivity contribution in [1.29, 1.82) is 0 Å². The molecule has 0 saturated heterocycles. The minimum absolute atomic E-state index is 0.233. The molecular weight excluding hydrogens is 348 g/mol. The van der Waals surface area contributed by atoms with E-state index in [1.807, 2.05) is 18.2 Å². The maximum Gasteiger partial charge on any atom is 0.325 e. The van der Waals surface area contributed by atoms with Gasteiger partial charge in [0.05, 0.1) is 0 Å². The highest BCUT2D eigenvalue weighted by molar-refractivity contribution is 6.00. The molecule has 2 aromatic rings. The SMILES string of the molecule is CC(NC(=O)c1ccc(NC(=O)C2(Oc3ccccc3)CC2)cc1)C(=O)O. The van der Waals surface area contributed by atoms with E-state index in [9.17, 15) is 14.4 Å². The van der Waals surface area contributed by atoms with Crippen LogP contribution < -0.4 is 15.4 Å². The third kappa shape index (κ3) is 4.44. The fraction of sp³-hybridized carbons (Fsp3) is 0.250. The van der Waals surface area contributed by atoms with Gasteiger partial charge in [0, 0.05) is 24.1 Å². The van der Waals surface area contributed by atoms with Crippen molar-refractivity contribution in [2.75, 3.05) is 5.32 Å². The quantitative estimate of drug-likeness (QED) is 0.696. The maximum atomic E-state index is 12.6. The maximum absolute atomic E-state index is 12.6. The second kappa shape index (κ2) is 7.49. The van der Waals surface area contributed by atoms with Crippen molar-refractivity contribution in [2.24, 2.45) is 0 Å². The van der Waals surface area contributed by atoms with Gasteiger partial charge in [-0.3, -0.25) is 14.4 Å². The van der Waals surface area contributed by atoms with Gasteiger partial charge in [-0.15, -0.1) is 0 Å². The van der Waals surface area contributed by atoms with Gasteiger partial charge in [0.15, 0.2) is 5.60 Å². The molecule has 0 aliphatic heterocycles. The average Bonchev–Trinajstić information content (AvgIpc) is 3.43. The van der Waals surface area contributed by atoms with Gasteiger partial charge in [-0.2, -0.15) is 0 Å². The van der Waals surface area contributed by atoms with Crippen LogP contribution in [0.5, 0.6) is 5.75 Å². The van der Waals surface area contributed by atoms with Crippen LogP contribution in [-0.4, -0.2) is 34.5 Å². The summed E-state index contributed by atoms with van der Waals surface area (Å²) in [7, 11) is 0. The highest BCUT2D eigenvalue weighted by Crippen LogP contribution is 2.41. The molecule has 0 bridgehead atoms. The van der Waals surface area contributed by atoms with Gasteiger partial charge in [-0.05, 0) is 43.3 Å². The molecule has 7 heteroatoms. The van der Waals surface area contributed by atoms with E-state index in [0.717, 1.165) is 0 Å². The number of benzene rings is 2. The zero-order valence-electron chi connectivity index (χ0n) is 14.8. The lowest BCUT2D eigenvalue weighted by atomic mass is 10.1. The average molecular weight is 368 g/mol. The summed E-state index contributed by atoms with van der Waals surface area (Å²) in [5.41, 5.74) is -0.0116. The number of anilines is 1. The number of para-hydroxylation sites is 1. The summed E-state index contributed by atoms with van der Waals surface area (Å²) in [5, 5.41) is 14.0. The van der Waals surface area contributed by atoms with Crippen molar-refractivity contribution >= 4 is 23.5 Å². The van der Waals surface area contributed by atoms with E-state index in [1.54, 1.807) is 24.3 Å². The molecule has 1 fully saturated rings. The zero-order valence-corrected chi connectivity index (χ0v) is 14.8. The standard InChI is InChI=1S/C20H20N2O5/c1-13(18(24)25)21-17(23)14-7-9-15(10-8-14)22-19(26)20(11-12-20)27-16-5-3-2-4-6-16/h2-10,13H,11-12H2,1H3,(H,21,23)(H,22,26)(H,24,25). The minimum atomic E-state index is -1.11. The number of hydrogen-bond donors (Lipinski definition) is 3. The van der Waals surface area contributed by atoms with E-state index >= 15 is 0 Å². The van der Waals surface area contributed by atoms with Crippen LogP contribution >= 0.6 is 0 Å². The Morgan fingerprint density at radius 2 is 1.67 bits per heavy atom. The number of carbonyl (C=O) groups excluding carboxylic acids is 2. The molecule has 2 aromatic carbocycles. The van der Waals surface area contributed by atoms with Gasteiger partial charge in [0.1, 0.15) is 11.8 Å². The first-order valence-electron chi connectivity index (χ1n) is 8.59. The molecule has 0 radical (unpaired) electrons. The van der Waals surface area contributed by atoms with Crippen LogP contribution in [0.25, 0.3) is 0 Å². The van der Waals surface area contributed by atoms with Crippen molar-refractivity contribution in [2.45, 2.75) is 31.4 Å². The van der Waals surface area contributed by atoms with Gasteiger partial charge in [0.2, 0.25) is 0 Å². The lowest BCUT2D eigenvalue weighted by Gasteiger charge is -2.18. The van der Waals surface area contributed by atoms with E-state index < -0.39 is 23.5 Å². The van der Waals surface area contributed by atoms with Crippen molar-refractivity contribution in [3.63, 3.8) is 0 Å². The lowest BCUT2D eigenvalue weighted by Crippen LogP contribution is -2.38. The van der Waals surface area contributed by atoms with Crippen LogP contribution in [-0.2, 0) is 9.59 Å². The Balaban J connectivity index is 1.60. The highest BCUT2D eigenvalue weighted by Gasteiger charge is 2.53. The molecule has 140 valence electrons. The topological polar surface area (TPSA) is 105 Å². The van der Waals surface area contributed by atoms with Gasteiger partial charge in [-0.1, -0.05) is 18.2 Å². The Morgan fingerprint density at radius 1 is 1.04 bits per heavy atom. The summed E-state index contributed by atoms with van der Waals surface area (Å²) < 4.78 is 5.84. The molecule has 0 heterocycles. The van der Waals surface area contributed by atoms with Crippen molar-refractivity contribution < 1.29 is 24.2 Å². The van der Waals surface area contributed by atoms with Gasteiger partial charge in [-0.25, -0.2) is 0 Å². The molecular formula is C20H20N2O5. The van der Waals surface area contributed by atoms with Crippen molar-refractivity contribution in [3.05, 3.63) is 60.2 Å². The second-order valence-corrected chi connectivity index (χ2v) is 6.47. The van der Waals surface area contributed by atoms with Crippen molar-refractivity contribution in [1.82, 2.24) is 5.32 Å². The van der Waals surface area contributed by atoms with Crippen LogP contribution in [0.1, 0.15) is 30.1 Å². The smallest absolute Gasteiger partial charge is 0.325 e. The molecule has 1 unspecified atom stereocenters. The van der Waals surface area contributed by atoms with Crippen LogP contribution in [0.15, 0.2) is 54.6 Å². The number of carboxylic acids is 1. The fourth-order valence-corrected chi connectivity index (χ4v) is 2.49. The van der Waals surface area contributed by atoms with Crippen molar-refractivity contribution in [3.8, 4) is 5.75 Å². The normalized spacial score (nSPS) is 15.3. The monoisotopic (exact) mass is 368 g/mol. The summed E-state index contributed by atoms with van der Waals surface area (Å²) in [5.74, 6) is -1.19. The second-order valence-electron chi connectivity index (χ2n) is 6.47. The Morgan fingerprint density at radius 3 is 2.22 bits per heavy atom. The molecule has 3 N–H and O–H groups in total. The Hall–Kier alpha value is -3.35. The largest absolute Gasteiger partial charge is 0.480 e. The molecule has 1 saturated carbocycles. The fourth-order valence-electron chi connectivity index (χ4n) is 2.49. The van der Waals surface area contributed by atoms with Crippen LogP contribution in [0, 0.1) is 0 Å². The Labute approximate surface area is 156 Å². The molecule has 1 atom stereocenters. The van der Waals surface area contributed by atoms with Gasteiger partial charge >= 0.3 is 5.97 Å². The van der Waals surface area contributed by atoms with E-state index in [1.165, 1.54) is 19.1 Å².